The SMILES string of the molecule is ClCCN(CCCl)CCN1c2ccccc2Oc2ccccc21. The number of nitrogens with zero attached hydrogens (tertiary/aromatic N) is 2. The molecule has 0 atom stereocenters. The summed E-state index contributed by atoms with van der Waals surface area (Å²) in [7, 11) is 0. The minimum Gasteiger partial charge on any atom is -0.453 e. The lowest BCUT2D eigenvalue weighted by atomic mass is 10.1. The second-order valence-electron chi connectivity index (χ2n) is 5.41. The van der Waals surface area contributed by atoms with Crippen LogP contribution < -0.4 is 9.64 Å². The topological polar surface area (TPSA) is 15.7 Å². The van der Waals surface area contributed by atoms with E-state index in [-0.39, 0.29) is 0 Å². The molecule has 5 heteroatoms. The molecule has 0 spiro atoms. The third kappa shape index (κ3) is 3.74. The first-order valence-electron chi connectivity index (χ1n) is 7.81. The Balaban J connectivity index is 1.83. The molecule has 0 amide bonds. The van der Waals surface area contributed by atoms with Crippen molar-refractivity contribution in [2.45, 2.75) is 0 Å². The minimum absolute atomic E-state index is 0.618. The van der Waals surface area contributed by atoms with Crippen LogP contribution in [0, 0.1) is 0 Å². The standard InChI is InChI=1S/C18H20Cl2N2O/c19-9-11-21(12-10-20)13-14-22-15-5-1-3-7-17(15)23-18-8-4-2-6-16(18)22/h1-8H,9-14H2. The average molecular weight is 351 g/mol. The van der Waals surface area contributed by atoms with Crippen LogP contribution in [-0.2, 0) is 0 Å². The molecule has 122 valence electrons. The van der Waals surface area contributed by atoms with E-state index in [2.05, 4.69) is 21.9 Å². The minimum atomic E-state index is 0.618. The number of anilines is 2. The molecule has 2 aromatic carbocycles. The molecular formula is C18H20Cl2N2O. The number of benzene rings is 2. The van der Waals surface area contributed by atoms with Gasteiger partial charge in [0.1, 0.15) is 0 Å². The Kier molecular flexibility index (Phi) is 5.65. The fourth-order valence-electron chi connectivity index (χ4n) is 2.84. The van der Waals surface area contributed by atoms with Crippen LogP contribution in [0.3, 0.4) is 0 Å². The third-order valence-corrected chi connectivity index (χ3v) is 4.31. The quantitative estimate of drug-likeness (QED) is 0.672. The first-order chi connectivity index (χ1) is 11.3. The van der Waals surface area contributed by atoms with Crippen molar-refractivity contribution in [2.75, 3.05) is 42.8 Å². The smallest absolute Gasteiger partial charge is 0.151 e. The molecule has 0 aromatic heterocycles. The van der Waals surface area contributed by atoms with Crippen LogP contribution in [0.15, 0.2) is 48.5 Å². The van der Waals surface area contributed by atoms with Gasteiger partial charge in [-0.15, -0.1) is 23.2 Å². The van der Waals surface area contributed by atoms with Crippen LogP contribution in [0.25, 0.3) is 0 Å². The van der Waals surface area contributed by atoms with Gasteiger partial charge < -0.3 is 9.64 Å². The summed E-state index contributed by atoms with van der Waals surface area (Å²) in [5, 5.41) is 0. The van der Waals surface area contributed by atoms with Gasteiger partial charge in [-0.25, -0.2) is 0 Å². The summed E-state index contributed by atoms with van der Waals surface area (Å²) in [6.45, 7) is 3.47. The van der Waals surface area contributed by atoms with Crippen molar-refractivity contribution in [1.29, 1.82) is 0 Å². The van der Waals surface area contributed by atoms with Gasteiger partial charge in [0.05, 0.1) is 11.4 Å². The number of hydrogen-bond donors (Lipinski definition) is 0. The molecular weight excluding hydrogens is 331 g/mol. The molecule has 0 aliphatic carbocycles. The van der Waals surface area contributed by atoms with Crippen LogP contribution in [0.5, 0.6) is 11.5 Å². The maximum absolute atomic E-state index is 6.01. The van der Waals surface area contributed by atoms with Crippen LogP contribution >= 0.6 is 23.2 Å². The van der Waals surface area contributed by atoms with Crippen LogP contribution in [0.1, 0.15) is 0 Å². The Morgan fingerprint density at radius 3 is 1.83 bits per heavy atom. The molecule has 1 aliphatic rings. The number of hydrogen-bond acceptors (Lipinski definition) is 3. The van der Waals surface area contributed by atoms with E-state index in [4.69, 9.17) is 27.9 Å². The van der Waals surface area contributed by atoms with Crippen molar-refractivity contribution < 1.29 is 4.74 Å². The van der Waals surface area contributed by atoms with Crippen LogP contribution in [0.2, 0.25) is 0 Å². The van der Waals surface area contributed by atoms with E-state index >= 15 is 0 Å². The van der Waals surface area contributed by atoms with E-state index in [1.807, 2.05) is 36.4 Å². The lowest BCUT2D eigenvalue weighted by Gasteiger charge is -2.34. The summed E-state index contributed by atoms with van der Waals surface area (Å²) in [5.74, 6) is 3.03. The Labute approximate surface area is 147 Å². The Morgan fingerprint density at radius 1 is 0.783 bits per heavy atom. The molecule has 0 saturated carbocycles. The fourth-order valence-corrected chi connectivity index (χ4v) is 3.32. The van der Waals surface area contributed by atoms with Gasteiger partial charge in [0, 0.05) is 37.9 Å². The van der Waals surface area contributed by atoms with Gasteiger partial charge in [0.25, 0.3) is 0 Å². The highest BCUT2D eigenvalue weighted by Crippen LogP contribution is 2.45. The maximum Gasteiger partial charge on any atom is 0.151 e. The maximum atomic E-state index is 6.01. The van der Waals surface area contributed by atoms with Crippen molar-refractivity contribution in [3.63, 3.8) is 0 Å². The number of halogens is 2. The van der Waals surface area contributed by atoms with Crippen molar-refractivity contribution >= 4 is 34.6 Å². The highest BCUT2D eigenvalue weighted by molar-refractivity contribution is 6.18. The normalized spacial score (nSPS) is 12.7. The summed E-state index contributed by atoms with van der Waals surface area (Å²) < 4.78 is 6.01. The molecule has 1 aliphatic heterocycles. The summed E-state index contributed by atoms with van der Waals surface area (Å²) in [6, 6.07) is 16.3. The van der Waals surface area contributed by atoms with Crippen molar-refractivity contribution in [2.24, 2.45) is 0 Å². The highest BCUT2D eigenvalue weighted by Gasteiger charge is 2.23. The van der Waals surface area contributed by atoms with E-state index in [1.54, 1.807) is 0 Å². The van der Waals surface area contributed by atoms with Crippen molar-refractivity contribution in [3.05, 3.63) is 48.5 Å². The molecule has 0 bridgehead atoms. The van der Waals surface area contributed by atoms with E-state index in [0.29, 0.717) is 11.8 Å². The van der Waals surface area contributed by atoms with Crippen LogP contribution in [-0.4, -0.2) is 42.8 Å². The van der Waals surface area contributed by atoms with E-state index < -0.39 is 0 Å². The number of alkyl halides is 2. The number of rotatable bonds is 7. The summed E-state index contributed by atoms with van der Waals surface area (Å²) in [5.41, 5.74) is 2.20. The molecule has 3 rings (SSSR count). The Morgan fingerprint density at radius 2 is 1.30 bits per heavy atom. The lowest BCUT2D eigenvalue weighted by Crippen LogP contribution is -2.36. The second-order valence-corrected chi connectivity index (χ2v) is 6.16. The van der Waals surface area contributed by atoms with Crippen molar-refractivity contribution in [3.8, 4) is 11.5 Å². The van der Waals surface area contributed by atoms with Gasteiger partial charge in [-0.05, 0) is 24.3 Å². The zero-order chi connectivity index (χ0) is 16.1. The van der Waals surface area contributed by atoms with E-state index in [9.17, 15) is 0 Å². The summed E-state index contributed by atoms with van der Waals surface area (Å²) in [4.78, 5) is 4.60. The largest absolute Gasteiger partial charge is 0.453 e. The monoisotopic (exact) mass is 350 g/mol. The molecule has 0 radical (unpaired) electrons. The average Bonchev–Trinajstić information content (AvgIpc) is 2.59. The zero-order valence-corrected chi connectivity index (χ0v) is 14.4. The fraction of sp³-hybridized carbons (Fsp3) is 0.333. The summed E-state index contributed by atoms with van der Waals surface area (Å²) in [6.07, 6.45) is 0. The van der Waals surface area contributed by atoms with Gasteiger partial charge >= 0.3 is 0 Å². The van der Waals surface area contributed by atoms with E-state index in [0.717, 1.165) is 49.1 Å². The Bertz CT molecular complexity index is 599. The predicted molar refractivity (Wildman–Crippen MR) is 97.8 cm³/mol. The number of fused-ring (bicyclic) bond motifs is 2. The molecule has 0 saturated heterocycles. The Hall–Kier alpha value is -1.42. The van der Waals surface area contributed by atoms with Gasteiger partial charge in [-0.2, -0.15) is 0 Å². The highest BCUT2D eigenvalue weighted by atomic mass is 35.5. The van der Waals surface area contributed by atoms with Gasteiger partial charge in [-0.1, -0.05) is 24.3 Å². The molecule has 0 unspecified atom stereocenters. The van der Waals surface area contributed by atoms with Gasteiger partial charge in [0.2, 0.25) is 0 Å². The number of para-hydroxylation sites is 4. The van der Waals surface area contributed by atoms with E-state index in [1.165, 1.54) is 0 Å². The number of ether oxygens (including phenoxy) is 1. The lowest BCUT2D eigenvalue weighted by molar-refractivity contribution is 0.314. The molecule has 3 nitrogen and oxygen atoms in total. The molecule has 2 aromatic rings. The molecule has 1 heterocycles. The molecule has 0 N–H and O–H groups in total. The van der Waals surface area contributed by atoms with Crippen LogP contribution in [0.4, 0.5) is 11.4 Å². The first kappa shape index (κ1) is 16.4. The van der Waals surface area contributed by atoms with Crippen molar-refractivity contribution in [1.82, 2.24) is 4.90 Å². The molecule has 0 fully saturated rings. The zero-order valence-electron chi connectivity index (χ0n) is 12.9. The van der Waals surface area contributed by atoms with Gasteiger partial charge in [-0.3, -0.25) is 4.90 Å². The summed E-state index contributed by atoms with van der Waals surface area (Å²) >= 11 is 11.8. The second kappa shape index (κ2) is 7.91. The predicted octanol–water partition coefficient (Wildman–Crippen LogP) is 4.71. The van der Waals surface area contributed by atoms with Gasteiger partial charge in [0.15, 0.2) is 11.5 Å². The third-order valence-electron chi connectivity index (χ3n) is 3.97. The molecule has 23 heavy (non-hydrogen) atoms. The first-order valence-corrected chi connectivity index (χ1v) is 8.88.